The highest BCUT2D eigenvalue weighted by Crippen LogP contribution is 2.36. The number of carbonyl (C=O) groups excluding carboxylic acids is 1. The summed E-state index contributed by atoms with van der Waals surface area (Å²) in [5.74, 6) is -1.67. The van der Waals surface area contributed by atoms with E-state index in [1.165, 1.54) is 23.8 Å². The molecule has 38 heavy (non-hydrogen) atoms. The molecule has 210 valence electrons. The zero-order chi connectivity index (χ0) is 28.7. The van der Waals surface area contributed by atoms with Gasteiger partial charge in [0, 0.05) is 23.3 Å². The molecule has 1 aromatic carbocycles. The van der Waals surface area contributed by atoms with Gasteiger partial charge < -0.3 is 15.5 Å². The minimum atomic E-state index is -1.54. The number of amides is 3. The maximum Gasteiger partial charge on any atom is 0.410 e. The zero-order valence-corrected chi connectivity index (χ0v) is 24.2. The molecule has 0 bridgehead atoms. The molecule has 0 aliphatic heterocycles. The van der Waals surface area contributed by atoms with Crippen molar-refractivity contribution in [2.75, 3.05) is 11.9 Å². The molecule has 1 aromatic heterocycles. The van der Waals surface area contributed by atoms with Crippen molar-refractivity contribution in [3.63, 3.8) is 0 Å². The number of aromatic nitrogens is 1. The van der Waals surface area contributed by atoms with Gasteiger partial charge in [-0.25, -0.2) is 14.6 Å². The minimum absolute atomic E-state index is 0.132. The van der Waals surface area contributed by atoms with Crippen molar-refractivity contribution in [2.24, 2.45) is 5.41 Å². The third kappa shape index (κ3) is 8.42. The average Bonchev–Trinajstić information content (AvgIpc) is 3.20. The standard InChI is InChI=1S/C27H41N5O5S/c1-18(33)29-22-30-21(17-38-22)15-14-20-12-10-19(11-13-20)9-8-16-28-27(25(2,3)4,31-23(34)35)32(24(36)37)26(5,6)7/h10-13,17,28,31H,8-9,14-16H2,1-7H3,(H,34,35)(H,36,37)(H,29,30,33). The summed E-state index contributed by atoms with van der Waals surface area (Å²) in [6, 6.07) is 8.32. The molecule has 0 aliphatic carbocycles. The van der Waals surface area contributed by atoms with Crippen LogP contribution in [0.15, 0.2) is 29.6 Å². The number of anilines is 1. The molecular formula is C27H41N5O5S. The number of carboxylic acid groups (broad SMARTS) is 2. The Kier molecular flexibility index (Phi) is 10.3. The van der Waals surface area contributed by atoms with Gasteiger partial charge in [-0.3, -0.25) is 20.3 Å². The number of benzene rings is 1. The molecule has 11 heteroatoms. The molecule has 2 aromatic rings. The van der Waals surface area contributed by atoms with Crippen LogP contribution >= 0.6 is 11.3 Å². The Morgan fingerprint density at radius 3 is 2.00 bits per heavy atom. The highest BCUT2D eigenvalue weighted by molar-refractivity contribution is 7.13. The molecule has 0 saturated carbocycles. The van der Waals surface area contributed by atoms with E-state index in [1.807, 2.05) is 26.2 Å². The van der Waals surface area contributed by atoms with Gasteiger partial charge in [0.1, 0.15) is 0 Å². The Morgan fingerprint density at radius 1 is 0.947 bits per heavy atom. The molecule has 1 heterocycles. The quantitative estimate of drug-likeness (QED) is 0.193. The lowest BCUT2D eigenvalue weighted by Crippen LogP contribution is -2.79. The second-order valence-corrected chi connectivity index (χ2v) is 12.2. The lowest BCUT2D eigenvalue weighted by Gasteiger charge is -2.55. The van der Waals surface area contributed by atoms with E-state index in [-0.39, 0.29) is 5.91 Å². The predicted molar refractivity (Wildman–Crippen MR) is 150 cm³/mol. The van der Waals surface area contributed by atoms with E-state index in [1.54, 1.807) is 20.8 Å². The SMILES string of the molecule is CC(=O)Nc1nc(CCc2ccc(CCCNC(NC(=O)O)(N(C(=O)O)C(C)(C)C)C(C)(C)C)cc2)cs1. The normalized spacial score (nSPS) is 13.4. The summed E-state index contributed by atoms with van der Waals surface area (Å²) in [7, 11) is 0. The number of nitrogens with zero attached hydrogens (tertiary/aromatic N) is 2. The van der Waals surface area contributed by atoms with Crippen LogP contribution in [0, 0.1) is 5.41 Å². The third-order valence-corrected chi connectivity index (χ3v) is 6.93. The van der Waals surface area contributed by atoms with Gasteiger partial charge in [-0.2, -0.15) is 0 Å². The Morgan fingerprint density at radius 2 is 1.53 bits per heavy atom. The molecule has 10 nitrogen and oxygen atoms in total. The van der Waals surface area contributed by atoms with E-state index in [4.69, 9.17) is 0 Å². The first kappa shape index (κ1) is 31.0. The monoisotopic (exact) mass is 547 g/mol. The number of aryl methyl sites for hydroxylation is 3. The fraction of sp³-hybridized carbons (Fsp3) is 0.556. The molecule has 5 N–H and O–H groups in total. The van der Waals surface area contributed by atoms with E-state index < -0.39 is 28.9 Å². The largest absolute Gasteiger partial charge is 0.465 e. The number of hydrogen-bond acceptors (Lipinski definition) is 6. The van der Waals surface area contributed by atoms with Crippen LogP contribution in [0.4, 0.5) is 14.7 Å². The van der Waals surface area contributed by atoms with E-state index >= 15 is 0 Å². The van der Waals surface area contributed by atoms with Crippen molar-refractivity contribution in [2.45, 2.75) is 85.5 Å². The van der Waals surface area contributed by atoms with Gasteiger partial charge in [0.25, 0.3) is 0 Å². The zero-order valence-electron chi connectivity index (χ0n) is 23.3. The smallest absolute Gasteiger partial charge is 0.410 e. The van der Waals surface area contributed by atoms with Gasteiger partial charge in [0.2, 0.25) is 5.91 Å². The summed E-state index contributed by atoms with van der Waals surface area (Å²) in [6.45, 7) is 12.5. The molecule has 1 atom stereocenters. The molecule has 0 spiro atoms. The first-order valence-corrected chi connectivity index (χ1v) is 13.5. The highest BCUT2D eigenvalue weighted by Gasteiger charge is 2.54. The van der Waals surface area contributed by atoms with Gasteiger partial charge in [-0.1, -0.05) is 45.0 Å². The van der Waals surface area contributed by atoms with Crippen molar-refractivity contribution < 1.29 is 24.6 Å². The van der Waals surface area contributed by atoms with Crippen LogP contribution in [0.5, 0.6) is 0 Å². The van der Waals surface area contributed by atoms with Crippen LogP contribution in [0.1, 0.15) is 71.7 Å². The molecule has 0 fully saturated rings. The summed E-state index contributed by atoms with van der Waals surface area (Å²) in [5, 5.41) is 30.7. The molecule has 0 radical (unpaired) electrons. The van der Waals surface area contributed by atoms with Crippen LogP contribution in [-0.2, 0) is 24.1 Å². The Labute approximate surface area is 228 Å². The number of thiazole rings is 1. The number of hydrogen-bond donors (Lipinski definition) is 5. The predicted octanol–water partition coefficient (Wildman–Crippen LogP) is 5.15. The summed E-state index contributed by atoms with van der Waals surface area (Å²) in [4.78, 5) is 40.9. The number of rotatable bonds is 11. The van der Waals surface area contributed by atoms with E-state index in [0.717, 1.165) is 35.4 Å². The van der Waals surface area contributed by atoms with Gasteiger partial charge in [0.15, 0.2) is 10.9 Å². The van der Waals surface area contributed by atoms with Crippen molar-refractivity contribution in [3.8, 4) is 0 Å². The molecule has 2 rings (SSSR count). The van der Waals surface area contributed by atoms with Crippen molar-refractivity contribution in [3.05, 3.63) is 46.5 Å². The van der Waals surface area contributed by atoms with Crippen LogP contribution in [0.3, 0.4) is 0 Å². The second kappa shape index (κ2) is 12.6. The lowest BCUT2D eigenvalue weighted by molar-refractivity contribution is -0.114. The fourth-order valence-corrected chi connectivity index (χ4v) is 5.18. The topological polar surface area (TPSA) is 144 Å². The Balaban J connectivity index is 2.02. The summed E-state index contributed by atoms with van der Waals surface area (Å²) in [6.07, 6.45) is 0.517. The number of nitrogens with one attached hydrogen (secondary N) is 3. The van der Waals surface area contributed by atoms with Crippen LogP contribution < -0.4 is 16.0 Å². The average molecular weight is 548 g/mol. The van der Waals surface area contributed by atoms with Crippen LogP contribution in [-0.4, -0.2) is 56.1 Å². The third-order valence-electron chi connectivity index (χ3n) is 6.12. The van der Waals surface area contributed by atoms with Crippen molar-refractivity contribution in [1.82, 2.24) is 20.5 Å². The minimum Gasteiger partial charge on any atom is -0.465 e. The molecule has 3 amide bonds. The molecule has 1 unspecified atom stereocenters. The number of carbonyl (C=O) groups is 3. The fourth-order valence-electron chi connectivity index (χ4n) is 4.39. The Bertz CT molecular complexity index is 1100. The maximum absolute atomic E-state index is 12.3. The highest BCUT2D eigenvalue weighted by atomic mass is 32.1. The van der Waals surface area contributed by atoms with E-state index in [2.05, 4.69) is 45.2 Å². The van der Waals surface area contributed by atoms with Crippen molar-refractivity contribution in [1.29, 1.82) is 0 Å². The molecule has 0 saturated heterocycles. The van der Waals surface area contributed by atoms with Crippen LogP contribution in [0.25, 0.3) is 0 Å². The molecular weight excluding hydrogens is 506 g/mol. The van der Waals surface area contributed by atoms with Gasteiger partial charge in [-0.15, -0.1) is 11.3 Å². The van der Waals surface area contributed by atoms with Crippen LogP contribution in [0.2, 0.25) is 0 Å². The summed E-state index contributed by atoms with van der Waals surface area (Å²) >= 11 is 1.42. The first-order chi connectivity index (χ1) is 17.5. The van der Waals surface area contributed by atoms with Gasteiger partial charge in [0.05, 0.1) is 5.69 Å². The van der Waals surface area contributed by atoms with E-state index in [0.29, 0.717) is 18.1 Å². The first-order valence-electron chi connectivity index (χ1n) is 12.6. The van der Waals surface area contributed by atoms with Gasteiger partial charge >= 0.3 is 12.2 Å². The molecule has 0 aliphatic rings. The lowest BCUT2D eigenvalue weighted by atomic mass is 9.82. The van der Waals surface area contributed by atoms with E-state index in [9.17, 15) is 24.6 Å². The summed E-state index contributed by atoms with van der Waals surface area (Å²) < 4.78 is 0. The van der Waals surface area contributed by atoms with Gasteiger partial charge in [-0.05, 0) is 64.1 Å². The van der Waals surface area contributed by atoms with Crippen molar-refractivity contribution >= 4 is 34.6 Å². The second-order valence-electron chi connectivity index (χ2n) is 11.4. The summed E-state index contributed by atoms with van der Waals surface area (Å²) in [5.41, 5.74) is 1.60. The Hall–Kier alpha value is -3.18. The maximum atomic E-state index is 12.3.